The number of Topliss-reactive ketones (excluding diaryl/α,β-unsaturated/α-hetero) is 1. The number of likely N-dealkylation sites (tertiary alicyclic amines) is 1. The van der Waals surface area contributed by atoms with E-state index in [1.54, 1.807) is 6.92 Å². The molecule has 0 amide bonds. The molecule has 0 aromatic carbocycles. The first kappa shape index (κ1) is 12.7. The molecule has 0 aromatic heterocycles. The van der Waals surface area contributed by atoms with Gasteiger partial charge in [-0.15, -0.1) is 0 Å². The molecule has 1 saturated heterocycles. The Kier molecular flexibility index (Phi) is 4.78. The first-order valence-corrected chi connectivity index (χ1v) is 6.33. The highest BCUT2D eigenvalue weighted by Gasteiger charge is 2.34. The highest BCUT2D eigenvalue weighted by molar-refractivity contribution is 5.75. The Balaban J connectivity index is 2.27. The maximum Gasteiger partial charge on any atom is 0.129 e. The Morgan fingerprint density at radius 2 is 2.00 bits per heavy atom. The van der Waals surface area contributed by atoms with Crippen molar-refractivity contribution in [3.05, 3.63) is 0 Å². The average Bonchev–Trinajstić information content (AvgIpc) is 2.62. The van der Waals surface area contributed by atoms with Crippen LogP contribution in [0.2, 0.25) is 0 Å². The van der Waals surface area contributed by atoms with Crippen LogP contribution in [0.1, 0.15) is 52.9 Å². The van der Waals surface area contributed by atoms with Crippen LogP contribution in [0.4, 0.5) is 0 Å². The second-order valence-electron chi connectivity index (χ2n) is 5.04. The maximum absolute atomic E-state index is 10.8. The van der Waals surface area contributed by atoms with Crippen LogP contribution in [0, 0.1) is 5.41 Å². The minimum absolute atomic E-state index is 0.325. The van der Waals surface area contributed by atoms with Crippen LogP contribution < -0.4 is 0 Å². The zero-order valence-electron chi connectivity index (χ0n) is 10.5. The largest absolute Gasteiger partial charge is 0.303 e. The van der Waals surface area contributed by atoms with E-state index >= 15 is 0 Å². The van der Waals surface area contributed by atoms with Gasteiger partial charge >= 0.3 is 0 Å². The SMILES string of the molecule is CCC1(CC)CCN(CCCC(C)=O)C1. The van der Waals surface area contributed by atoms with Crippen molar-refractivity contribution in [3.63, 3.8) is 0 Å². The van der Waals surface area contributed by atoms with Crippen molar-refractivity contribution in [1.82, 2.24) is 4.90 Å². The van der Waals surface area contributed by atoms with Crippen LogP contribution in [0.5, 0.6) is 0 Å². The average molecular weight is 211 g/mol. The molecule has 0 bridgehead atoms. The summed E-state index contributed by atoms with van der Waals surface area (Å²) in [5.41, 5.74) is 0.580. The summed E-state index contributed by atoms with van der Waals surface area (Å²) in [7, 11) is 0. The van der Waals surface area contributed by atoms with Gasteiger partial charge < -0.3 is 9.69 Å². The third kappa shape index (κ3) is 3.60. The second kappa shape index (κ2) is 5.64. The van der Waals surface area contributed by atoms with Crippen molar-refractivity contribution in [2.75, 3.05) is 19.6 Å². The lowest BCUT2D eigenvalue weighted by atomic mass is 9.82. The molecule has 1 aliphatic heterocycles. The van der Waals surface area contributed by atoms with Gasteiger partial charge in [-0.25, -0.2) is 0 Å². The molecule has 0 saturated carbocycles. The number of carbonyl (C=O) groups excluding carboxylic acids is 1. The van der Waals surface area contributed by atoms with E-state index in [2.05, 4.69) is 18.7 Å². The quantitative estimate of drug-likeness (QED) is 0.673. The highest BCUT2D eigenvalue weighted by atomic mass is 16.1. The molecule has 0 aliphatic carbocycles. The summed E-state index contributed by atoms with van der Waals surface area (Å²) in [6.07, 6.45) is 5.74. The number of ketones is 1. The molecule has 1 aliphatic rings. The molecule has 0 atom stereocenters. The number of hydrogen-bond acceptors (Lipinski definition) is 2. The molecule has 0 spiro atoms. The highest BCUT2D eigenvalue weighted by Crippen LogP contribution is 2.36. The molecule has 2 heteroatoms. The molecule has 0 radical (unpaired) electrons. The summed E-state index contributed by atoms with van der Waals surface area (Å²) >= 11 is 0. The Labute approximate surface area is 94.0 Å². The van der Waals surface area contributed by atoms with Crippen molar-refractivity contribution < 1.29 is 4.79 Å². The van der Waals surface area contributed by atoms with Crippen LogP contribution in [0.25, 0.3) is 0 Å². The second-order valence-corrected chi connectivity index (χ2v) is 5.04. The van der Waals surface area contributed by atoms with E-state index in [9.17, 15) is 4.79 Å². The predicted molar refractivity (Wildman–Crippen MR) is 64.0 cm³/mol. The number of nitrogens with zero attached hydrogens (tertiary/aromatic N) is 1. The zero-order chi connectivity index (χ0) is 11.3. The van der Waals surface area contributed by atoms with Crippen molar-refractivity contribution >= 4 is 5.78 Å². The molecule has 0 aromatic rings. The maximum atomic E-state index is 10.8. The van der Waals surface area contributed by atoms with Gasteiger partial charge in [0.05, 0.1) is 0 Å². The van der Waals surface area contributed by atoms with Gasteiger partial charge in [-0.1, -0.05) is 13.8 Å². The summed E-state index contributed by atoms with van der Waals surface area (Å²) < 4.78 is 0. The van der Waals surface area contributed by atoms with Crippen molar-refractivity contribution in [2.45, 2.75) is 52.9 Å². The third-order valence-electron chi connectivity index (χ3n) is 4.02. The van der Waals surface area contributed by atoms with Crippen LogP contribution in [0.3, 0.4) is 0 Å². The fraction of sp³-hybridized carbons (Fsp3) is 0.923. The standard InChI is InChI=1S/C13H25NO/c1-4-13(5-2)8-10-14(11-13)9-6-7-12(3)15/h4-11H2,1-3H3. The number of hydrogen-bond donors (Lipinski definition) is 0. The van der Waals surface area contributed by atoms with Gasteiger partial charge in [-0.05, 0) is 51.1 Å². The van der Waals surface area contributed by atoms with E-state index in [4.69, 9.17) is 0 Å². The summed E-state index contributed by atoms with van der Waals surface area (Å²) in [5.74, 6) is 0.325. The van der Waals surface area contributed by atoms with Crippen molar-refractivity contribution in [2.24, 2.45) is 5.41 Å². The van der Waals surface area contributed by atoms with Gasteiger partial charge in [0.25, 0.3) is 0 Å². The van der Waals surface area contributed by atoms with E-state index in [1.165, 1.54) is 32.4 Å². The Hall–Kier alpha value is -0.370. The van der Waals surface area contributed by atoms with Crippen LogP contribution in [-0.4, -0.2) is 30.3 Å². The first-order chi connectivity index (χ1) is 7.12. The van der Waals surface area contributed by atoms with E-state index in [1.807, 2.05) is 0 Å². The molecule has 1 rings (SSSR count). The lowest BCUT2D eigenvalue weighted by Crippen LogP contribution is -2.27. The Bertz CT molecular complexity index is 209. The monoisotopic (exact) mass is 211 g/mol. The first-order valence-electron chi connectivity index (χ1n) is 6.33. The van der Waals surface area contributed by atoms with Gasteiger partial charge in [0, 0.05) is 13.0 Å². The molecule has 1 heterocycles. The van der Waals surface area contributed by atoms with Gasteiger partial charge in [0.2, 0.25) is 0 Å². The van der Waals surface area contributed by atoms with Gasteiger partial charge in [0.15, 0.2) is 0 Å². The van der Waals surface area contributed by atoms with E-state index in [0.29, 0.717) is 11.2 Å². The Morgan fingerprint density at radius 3 is 2.47 bits per heavy atom. The minimum Gasteiger partial charge on any atom is -0.303 e. The summed E-state index contributed by atoms with van der Waals surface area (Å²) in [4.78, 5) is 13.4. The molecule has 0 unspecified atom stereocenters. The number of carbonyl (C=O) groups is 1. The van der Waals surface area contributed by atoms with Crippen molar-refractivity contribution in [1.29, 1.82) is 0 Å². The molecule has 1 fully saturated rings. The molecular formula is C13H25NO. The summed E-state index contributed by atoms with van der Waals surface area (Å²) in [6, 6.07) is 0. The Morgan fingerprint density at radius 1 is 1.33 bits per heavy atom. The van der Waals surface area contributed by atoms with Gasteiger partial charge in [0.1, 0.15) is 5.78 Å². The minimum atomic E-state index is 0.325. The van der Waals surface area contributed by atoms with Crippen LogP contribution in [-0.2, 0) is 4.79 Å². The fourth-order valence-electron chi connectivity index (χ4n) is 2.60. The summed E-state index contributed by atoms with van der Waals surface area (Å²) in [5, 5.41) is 0. The summed E-state index contributed by atoms with van der Waals surface area (Å²) in [6.45, 7) is 9.90. The smallest absolute Gasteiger partial charge is 0.129 e. The molecule has 0 N–H and O–H groups in total. The number of rotatable bonds is 6. The molecule has 15 heavy (non-hydrogen) atoms. The molecule has 88 valence electrons. The van der Waals surface area contributed by atoms with E-state index in [0.717, 1.165) is 19.4 Å². The topological polar surface area (TPSA) is 20.3 Å². The van der Waals surface area contributed by atoms with Crippen LogP contribution in [0.15, 0.2) is 0 Å². The fourth-order valence-corrected chi connectivity index (χ4v) is 2.60. The van der Waals surface area contributed by atoms with Gasteiger partial charge in [-0.3, -0.25) is 0 Å². The van der Waals surface area contributed by atoms with E-state index < -0.39 is 0 Å². The lowest BCUT2D eigenvalue weighted by molar-refractivity contribution is -0.117. The molecule has 2 nitrogen and oxygen atoms in total. The normalized spacial score (nSPS) is 20.7. The third-order valence-corrected chi connectivity index (χ3v) is 4.02. The zero-order valence-corrected chi connectivity index (χ0v) is 10.5. The predicted octanol–water partition coefficient (Wildman–Crippen LogP) is 2.87. The van der Waals surface area contributed by atoms with E-state index in [-0.39, 0.29) is 0 Å². The molecular weight excluding hydrogens is 186 g/mol. The lowest BCUT2D eigenvalue weighted by Gasteiger charge is -2.26. The van der Waals surface area contributed by atoms with Gasteiger partial charge in [-0.2, -0.15) is 0 Å². The van der Waals surface area contributed by atoms with Crippen LogP contribution >= 0.6 is 0 Å². The van der Waals surface area contributed by atoms with Crippen molar-refractivity contribution in [3.8, 4) is 0 Å².